The number of benzene rings is 2. The number of esters is 1. The summed E-state index contributed by atoms with van der Waals surface area (Å²) in [5.41, 5.74) is 2.15. The number of Topliss-reactive ketones (excluding diaryl/α,β-unsaturated/α-hetero) is 1. The maximum absolute atomic E-state index is 12.7. The van der Waals surface area contributed by atoms with E-state index in [-0.39, 0.29) is 23.1 Å². The number of rotatable bonds is 3. The smallest absolute Gasteiger partial charge is 0.379 e. The number of hydrogen-bond donors (Lipinski definition) is 0. The van der Waals surface area contributed by atoms with E-state index in [1.807, 2.05) is 18.2 Å². The SMILES string of the molecule is Cc1c(OC(=O)c2cc3cc(Br)ccc3o2)ccc2c1O/C(=C\c1ccccn1)C2=O. The van der Waals surface area contributed by atoms with Gasteiger partial charge in [-0.3, -0.25) is 9.78 Å². The lowest BCUT2D eigenvalue weighted by Gasteiger charge is -2.09. The second kappa shape index (κ2) is 7.52. The standard InChI is InChI=1S/C24H14BrNO5/c1-13-18(31-24(28)21-11-14-10-15(25)5-7-19(14)29-21)8-6-17-22(27)20(30-23(13)17)12-16-4-2-3-9-26-16/h2-12H,1H3/b20-12-. The van der Waals surface area contributed by atoms with Crippen molar-refractivity contribution in [2.45, 2.75) is 6.92 Å². The number of aromatic nitrogens is 1. The molecule has 1 aliphatic heterocycles. The van der Waals surface area contributed by atoms with Gasteiger partial charge in [0.15, 0.2) is 5.76 Å². The summed E-state index contributed by atoms with van der Waals surface area (Å²) in [5.74, 6) is 0.0283. The number of carbonyl (C=O) groups excluding carboxylic acids is 2. The van der Waals surface area contributed by atoms with E-state index in [0.717, 1.165) is 9.86 Å². The lowest BCUT2D eigenvalue weighted by atomic mass is 10.1. The normalized spacial score (nSPS) is 14.0. The number of ketones is 1. The van der Waals surface area contributed by atoms with Crippen LogP contribution in [0.4, 0.5) is 0 Å². The van der Waals surface area contributed by atoms with Gasteiger partial charge < -0.3 is 13.9 Å². The van der Waals surface area contributed by atoms with Crippen LogP contribution in [-0.4, -0.2) is 16.7 Å². The largest absolute Gasteiger partial charge is 0.452 e. The molecule has 0 N–H and O–H groups in total. The minimum Gasteiger partial charge on any atom is -0.452 e. The first-order valence-corrected chi connectivity index (χ1v) is 10.2. The minimum atomic E-state index is -0.635. The molecule has 0 atom stereocenters. The van der Waals surface area contributed by atoms with Crippen LogP contribution in [0.3, 0.4) is 0 Å². The Kier molecular flexibility index (Phi) is 4.67. The molecule has 0 fully saturated rings. The average Bonchev–Trinajstić information content (AvgIpc) is 3.32. The van der Waals surface area contributed by atoms with Gasteiger partial charge in [0.05, 0.1) is 11.3 Å². The molecule has 0 radical (unpaired) electrons. The van der Waals surface area contributed by atoms with Crippen LogP contribution in [0.1, 0.15) is 32.2 Å². The lowest BCUT2D eigenvalue weighted by Crippen LogP contribution is -2.08. The molecule has 1 aliphatic rings. The Labute approximate surface area is 185 Å². The van der Waals surface area contributed by atoms with Gasteiger partial charge in [0.25, 0.3) is 0 Å². The Hall–Kier alpha value is -3.71. The van der Waals surface area contributed by atoms with Gasteiger partial charge in [-0.25, -0.2) is 4.79 Å². The molecule has 0 bridgehead atoms. The molecular formula is C24H14BrNO5. The van der Waals surface area contributed by atoms with Crippen molar-refractivity contribution < 1.29 is 23.5 Å². The van der Waals surface area contributed by atoms with Crippen molar-refractivity contribution >= 4 is 44.7 Å². The quantitative estimate of drug-likeness (QED) is 0.213. The molecule has 5 rings (SSSR count). The van der Waals surface area contributed by atoms with Crippen molar-refractivity contribution in [2.24, 2.45) is 0 Å². The number of ether oxygens (including phenoxy) is 2. The van der Waals surface area contributed by atoms with Crippen LogP contribution >= 0.6 is 15.9 Å². The molecule has 4 aromatic rings. The summed E-state index contributed by atoms with van der Waals surface area (Å²) in [6, 6.07) is 15.6. The summed E-state index contributed by atoms with van der Waals surface area (Å²) < 4.78 is 17.8. The number of carbonyl (C=O) groups is 2. The Bertz CT molecular complexity index is 1390. The van der Waals surface area contributed by atoms with E-state index in [1.54, 1.807) is 55.6 Å². The van der Waals surface area contributed by atoms with Crippen LogP contribution in [0.25, 0.3) is 17.0 Å². The zero-order valence-corrected chi connectivity index (χ0v) is 17.8. The molecule has 2 aromatic heterocycles. The molecule has 152 valence electrons. The Morgan fingerprint density at radius 3 is 2.81 bits per heavy atom. The first-order valence-electron chi connectivity index (χ1n) is 9.40. The van der Waals surface area contributed by atoms with Crippen molar-refractivity contribution in [2.75, 3.05) is 0 Å². The van der Waals surface area contributed by atoms with E-state index in [9.17, 15) is 9.59 Å². The number of nitrogens with zero attached hydrogens (tertiary/aromatic N) is 1. The number of halogens is 1. The number of allylic oxidation sites excluding steroid dienone is 1. The molecule has 7 heteroatoms. The van der Waals surface area contributed by atoms with E-state index < -0.39 is 5.97 Å². The Balaban J connectivity index is 1.42. The first kappa shape index (κ1) is 19.3. The predicted molar refractivity (Wildman–Crippen MR) is 117 cm³/mol. The van der Waals surface area contributed by atoms with Crippen LogP contribution in [0.5, 0.6) is 11.5 Å². The number of furan rings is 1. The van der Waals surface area contributed by atoms with E-state index in [4.69, 9.17) is 13.9 Å². The second-order valence-electron chi connectivity index (χ2n) is 6.94. The molecule has 0 unspecified atom stereocenters. The summed E-state index contributed by atoms with van der Waals surface area (Å²) in [4.78, 5) is 29.5. The third kappa shape index (κ3) is 3.53. The Morgan fingerprint density at radius 2 is 2.00 bits per heavy atom. The molecule has 0 saturated carbocycles. The van der Waals surface area contributed by atoms with Gasteiger partial charge in [0.2, 0.25) is 11.5 Å². The molecule has 0 saturated heterocycles. The third-order valence-electron chi connectivity index (χ3n) is 4.89. The summed E-state index contributed by atoms with van der Waals surface area (Å²) >= 11 is 3.39. The summed E-state index contributed by atoms with van der Waals surface area (Å²) in [6.07, 6.45) is 3.22. The molecule has 6 nitrogen and oxygen atoms in total. The summed E-state index contributed by atoms with van der Waals surface area (Å²) in [5, 5.41) is 0.783. The molecule has 0 aliphatic carbocycles. The van der Waals surface area contributed by atoms with Crippen LogP contribution in [0.15, 0.2) is 75.4 Å². The van der Waals surface area contributed by atoms with Crippen molar-refractivity contribution in [1.29, 1.82) is 0 Å². The highest BCUT2D eigenvalue weighted by atomic mass is 79.9. The first-order chi connectivity index (χ1) is 15.0. The van der Waals surface area contributed by atoms with E-state index >= 15 is 0 Å². The van der Waals surface area contributed by atoms with Gasteiger partial charge in [-0.15, -0.1) is 0 Å². The number of hydrogen-bond acceptors (Lipinski definition) is 6. The third-order valence-corrected chi connectivity index (χ3v) is 5.38. The van der Waals surface area contributed by atoms with E-state index in [1.165, 1.54) is 0 Å². The van der Waals surface area contributed by atoms with Gasteiger partial charge >= 0.3 is 5.97 Å². The van der Waals surface area contributed by atoms with Crippen molar-refractivity contribution in [3.8, 4) is 11.5 Å². The van der Waals surface area contributed by atoms with Crippen LogP contribution in [0.2, 0.25) is 0 Å². The number of pyridine rings is 1. The highest BCUT2D eigenvalue weighted by Gasteiger charge is 2.31. The maximum Gasteiger partial charge on any atom is 0.379 e. The average molecular weight is 476 g/mol. The van der Waals surface area contributed by atoms with E-state index in [0.29, 0.717) is 28.2 Å². The fourth-order valence-corrected chi connectivity index (χ4v) is 3.72. The zero-order valence-electron chi connectivity index (χ0n) is 16.2. The lowest BCUT2D eigenvalue weighted by molar-refractivity contribution is 0.0702. The minimum absolute atomic E-state index is 0.0840. The summed E-state index contributed by atoms with van der Waals surface area (Å²) in [6.45, 7) is 1.73. The van der Waals surface area contributed by atoms with Crippen LogP contribution in [0, 0.1) is 6.92 Å². The zero-order chi connectivity index (χ0) is 21.5. The predicted octanol–water partition coefficient (Wildman–Crippen LogP) is 5.73. The fourth-order valence-electron chi connectivity index (χ4n) is 3.34. The number of fused-ring (bicyclic) bond motifs is 2. The van der Waals surface area contributed by atoms with Gasteiger partial charge in [-0.1, -0.05) is 22.0 Å². The van der Waals surface area contributed by atoms with Gasteiger partial charge in [0, 0.05) is 27.7 Å². The molecule has 0 spiro atoms. The van der Waals surface area contributed by atoms with Gasteiger partial charge in [-0.05, 0) is 55.5 Å². The molecule has 3 heterocycles. The van der Waals surface area contributed by atoms with Crippen molar-refractivity contribution in [3.63, 3.8) is 0 Å². The van der Waals surface area contributed by atoms with Crippen LogP contribution in [-0.2, 0) is 0 Å². The van der Waals surface area contributed by atoms with E-state index in [2.05, 4.69) is 20.9 Å². The highest BCUT2D eigenvalue weighted by Crippen LogP contribution is 2.39. The van der Waals surface area contributed by atoms with Gasteiger partial charge in [0.1, 0.15) is 17.1 Å². The topological polar surface area (TPSA) is 78.6 Å². The molecule has 0 amide bonds. The van der Waals surface area contributed by atoms with Crippen LogP contribution < -0.4 is 9.47 Å². The van der Waals surface area contributed by atoms with Gasteiger partial charge in [-0.2, -0.15) is 0 Å². The molecular weight excluding hydrogens is 462 g/mol. The van der Waals surface area contributed by atoms with Crippen molar-refractivity contribution in [1.82, 2.24) is 4.98 Å². The second-order valence-corrected chi connectivity index (χ2v) is 7.86. The maximum atomic E-state index is 12.7. The molecule has 31 heavy (non-hydrogen) atoms. The monoisotopic (exact) mass is 475 g/mol. The van der Waals surface area contributed by atoms with Crippen molar-refractivity contribution in [3.05, 3.63) is 93.6 Å². The Morgan fingerprint density at radius 1 is 1.13 bits per heavy atom. The highest BCUT2D eigenvalue weighted by molar-refractivity contribution is 9.10. The molecule has 2 aromatic carbocycles. The summed E-state index contributed by atoms with van der Waals surface area (Å²) in [7, 11) is 0. The fraction of sp³-hybridized carbons (Fsp3) is 0.0417.